The van der Waals surface area contributed by atoms with Crippen LogP contribution in [0.3, 0.4) is 0 Å². The minimum atomic E-state index is -3.82. The van der Waals surface area contributed by atoms with Crippen molar-refractivity contribution in [2.24, 2.45) is 7.05 Å². The van der Waals surface area contributed by atoms with Gasteiger partial charge in [-0.1, -0.05) is 6.07 Å². The average Bonchev–Trinajstić information content (AvgIpc) is 3.41. The maximum absolute atomic E-state index is 13.3. The van der Waals surface area contributed by atoms with Gasteiger partial charge in [-0.2, -0.15) is 14.0 Å². The van der Waals surface area contributed by atoms with Crippen LogP contribution in [-0.2, 0) is 30.0 Å². The second kappa shape index (κ2) is 7.98. The minimum absolute atomic E-state index is 0.124. The van der Waals surface area contributed by atoms with Crippen molar-refractivity contribution in [1.29, 1.82) is 5.26 Å². The molecule has 4 aromatic rings. The highest BCUT2D eigenvalue weighted by Crippen LogP contribution is 2.30. The monoisotopic (exact) mass is 465 g/mol. The fourth-order valence-corrected chi connectivity index (χ4v) is 6.06. The van der Waals surface area contributed by atoms with Crippen molar-refractivity contribution in [2.75, 3.05) is 11.4 Å². The van der Waals surface area contributed by atoms with E-state index < -0.39 is 10.0 Å². The first-order valence-electron chi connectivity index (χ1n) is 9.91. The molecular formula is C21H19N7O2S2. The lowest BCUT2D eigenvalue weighted by molar-refractivity contribution is 0.522. The first kappa shape index (κ1) is 20.6. The molecule has 0 saturated heterocycles. The van der Waals surface area contributed by atoms with Crippen LogP contribution in [0.2, 0.25) is 0 Å². The van der Waals surface area contributed by atoms with Crippen molar-refractivity contribution >= 4 is 38.5 Å². The van der Waals surface area contributed by atoms with Crippen LogP contribution in [0.1, 0.15) is 16.8 Å². The number of fused-ring (bicyclic) bond motifs is 2. The smallest absolute Gasteiger partial charge is 0.243 e. The van der Waals surface area contributed by atoms with Crippen LogP contribution in [0, 0.1) is 11.3 Å². The summed E-state index contributed by atoms with van der Waals surface area (Å²) in [5, 5.41) is 9.33. The normalized spacial score (nSPS) is 16.1. The fraction of sp³-hybridized carbons (Fsp3) is 0.238. The van der Waals surface area contributed by atoms with E-state index in [4.69, 9.17) is 0 Å². The van der Waals surface area contributed by atoms with Crippen LogP contribution in [0.4, 0.5) is 5.69 Å². The maximum atomic E-state index is 13.3. The Kier molecular flexibility index (Phi) is 5.13. The Hall–Kier alpha value is -3.33. The average molecular weight is 466 g/mol. The summed E-state index contributed by atoms with van der Waals surface area (Å²) in [6.07, 6.45) is 4.02. The Balaban J connectivity index is 1.48. The summed E-state index contributed by atoms with van der Waals surface area (Å²) >= 11 is 0.989. The first-order chi connectivity index (χ1) is 15.4. The molecule has 1 atom stereocenters. The molecular weight excluding hydrogens is 446 g/mol. The zero-order valence-electron chi connectivity index (χ0n) is 17.1. The van der Waals surface area contributed by atoms with Gasteiger partial charge in [-0.15, -0.1) is 0 Å². The summed E-state index contributed by atoms with van der Waals surface area (Å²) in [6, 6.07) is 12.3. The lowest BCUT2D eigenvalue weighted by Gasteiger charge is -2.36. The highest BCUT2D eigenvalue weighted by molar-refractivity contribution is 7.89. The van der Waals surface area contributed by atoms with Gasteiger partial charge in [0.05, 0.1) is 41.9 Å². The SMILES string of the molecule is Cn1cncc1CN1CC(NS(=O)(=O)c2cccc3nsnc23)Cc2cc(C#N)ccc21. The summed E-state index contributed by atoms with van der Waals surface area (Å²) in [5.74, 6) is 0. The standard InChI is InChI=1S/C21H19N7O2S2/c1-27-13-23-10-17(27)12-28-11-16(8-15-7-14(9-22)5-6-19(15)28)26-32(29,30)20-4-2-3-18-21(20)25-31-24-18/h2-7,10,13,16,26H,8,11-12H2,1H3. The van der Waals surface area contributed by atoms with Crippen molar-refractivity contribution in [1.82, 2.24) is 23.0 Å². The number of hydrogen-bond donors (Lipinski definition) is 1. The molecule has 1 aliphatic heterocycles. The molecule has 2 aromatic carbocycles. The molecule has 0 saturated carbocycles. The fourth-order valence-electron chi connectivity index (χ4n) is 4.06. The third kappa shape index (κ3) is 3.73. The van der Waals surface area contributed by atoms with Gasteiger partial charge in [-0.25, -0.2) is 18.1 Å². The summed E-state index contributed by atoms with van der Waals surface area (Å²) in [7, 11) is -1.90. The predicted molar refractivity (Wildman–Crippen MR) is 121 cm³/mol. The van der Waals surface area contributed by atoms with Gasteiger partial charge in [-0.05, 0) is 42.3 Å². The van der Waals surface area contributed by atoms with E-state index in [1.807, 2.05) is 23.7 Å². The maximum Gasteiger partial charge on any atom is 0.243 e. The van der Waals surface area contributed by atoms with Crippen LogP contribution < -0.4 is 9.62 Å². The Bertz CT molecular complexity index is 1450. The van der Waals surface area contributed by atoms with Crippen LogP contribution >= 0.6 is 11.7 Å². The Morgan fingerprint density at radius 1 is 1.28 bits per heavy atom. The number of nitrogens with one attached hydrogen (secondary N) is 1. The molecule has 3 heterocycles. The van der Waals surface area contributed by atoms with Gasteiger partial charge in [0.2, 0.25) is 10.0 Å². The molecule has 0 bridgehead atoms. The van der Waals surface area contributed by atoms with Gasteiger partial charge in [0, 0.05) is 31.5 Å². The zero-order chi connectivity index (χ0) is 22.3. The molecule has 1 aliphatic rings. The van der Waals surface area contributed by atoms with E-state index in [1.165, 1.54) is 0 Å². The number of imidazole rings is 1. The highest BCUT2D eigenvalue weighted by Gasteiger charge is 2.30. The van der Waals surface area contributed by atoms with E-state index in [-0.39, 0.29) is 10.9 Å². The van der Waals surface area contributed by atoms with Gasteiger partial charge in [-0.3, -0.25) is 0 Å². The van der Waals surface area contributed by atoms with E-state index in [1.54, 1.807) is 36.8 Å². The third-order valence-corrected chi connectivity index (χ3v) is 7.68. The second-order valence-electron chi connectivity index (χ2n) is 7.74. The van der Waals surface area contributed by atoms with Crippen LogP contribution in [0.15, 0.2) is 53.8 Å². The van der Waals surface area contributed by atoms with Gasteiger partial charge in [0.25, 0.3) is 0 Å². The van der Waals surface area contributed by atoms with E-state index >= 15 is 0 Å². The lowest BCUT2D eigenvalue weighted by atomic mass is 9.96. The van der Waals surface area contributed by atoms with E-state index in [0.29, 0.717) is 36.1 Å². The molecule has 0 fully saturated rings. The van der Waals surface area contributed by atoms with Gasteiger partial charge < -0.3 is 9.47 Å². The van der Waals surface area contributed by atoms with Crippen molar-refractivity contribution in [2.45, 2.75) is 23.9 Å². The summed E-state index contributed by atoms with van der Waals surface area (Å²) in [4.78, 5) is 6.43. The summed E-state index contributed by atoms with van der Waals surface area (Å²) in [6.45, 7) is 1.05. The van der Waals surface area contributed by atoms with Crippen molar-refractivity contribution in [3.05, 3.63) is 65.7 Å². The topological polar surface area (TPSA) is 117 Å². The number of aryl methyl sites for hydroxylation is 1. The second-order valence-corrected chi connectivity index (χ2v) is 9.95. The molecule has 0 aliphatic carbocycles. The van der Waals surface area contributed by atoms with E-state index in [2.05, 4.69) is 29.4 Å². The van der Waals surface area contributed by atoms with Crippen LogP contribution in [0.5, 0.6) is 0 Å². The molecule has 1 unspecified atom stereocenters. The van der Waals surface area contributed by atoms with E-state index in [9.17, 15) is 13.7 Å². The third-order valence-electron chi connectivity index (χ3n) is 5.59. The summed E-state index contributed by atoms with van der Waals surface area (Å²) in [5.41, 5.74) is 4.40. The Morgan fingerprint density at radius 3 is 2.94 bits per heavy atom. The molecule has 162 valence electrons. The molecule has 0 spiro atoms. The molecule has 5 rings (SSSR count). The number of rotatable bonds is 5. The van der Waals surface area contributed by atoms with Crippen LogP contribution in [0.25, 0.3) is 11.0 Å². The highest BCUT2D eigenvalue weighted by atomic mass is 32.2. The summed E-state index contributed by atoms with van der Waals surface area (Å²) < 4.78 is 39.6. The molecule has 1 N–H and O–H groups in total. The molecule has 11 heteroatoms. The van der Waals surface area contributed by atoms with Gasteiger partial charge in [0.15, 0.2) is 0 Å². The van der Waals surface area contributed by atoms with E-state index in [0.717, 1.165) is 28.7 Å². The van der Waals surface area contributed by atoms with Crippen molar-refractivity contribution < 1.29 is 8.42 Å². The molecule has 2 aromatic heterocycles. The minimum Gasteiger partial charge on any atom is -0.364 e. The number of benzene rings is 2. The van der Waals surface area contributed by atoms with Gasteiger partial charge >= 0.3 is 0 Å². The van der Waals surface area contributed by atoms with Gasteiger partial charge in [0.1, 0.15) is 15.9 Å². The number of aromatic nitrogens is 4. The van der Waals surface area contributed by atoms with Crippen molar-refractivity contribution in [3.8, 4) is 6.07 Å². The largest absolute Gasteiger partial charge is 0.364 e. The zero-order valence-corrected chi connectivity index (χ0v) is 18.8. The molecule has 9 nitrogen and oxygen atoms in total. The van der Waals surface area contributed by atoms with Crippen molar-refractivity contribution in [3.63, 3.8) is 0 Å². The lowest BCUT2D eigenvalue weighted by Crippen LogP contribution is -2.48. The number of nitrogens with zero attached hydrogens (tertiary/aromatic N) is 6. The predicted octanol–water partition coefficient (Wildman–Crippen LogP) is 2.21. The molecule has 0 amide bonds. The first-order valence-corrected chi connectivity index (χ1v) is 12.1. The number of nitriles is 1. The Labute approximate surface area is 189 Å². The number of sulfonamides is 1. The number of hydrogen-bond acceptors (Lipinski definition) is 8. The number of anilines is 1. The van der Waals surface area contributed by atoms with Crippen LogP contribution in [-0.4, -0.2) is 39.3 Å². The molecule has 32 heavy (non-hydrogen) atoms. The quantitative estimate of drug-likeness (QED) is 0.480. The molecule has 0 radical (unpaired) electrons. The Morgan fingerprint density at radius 2 is 2.16 bits per heavy atom.